The van der Waals surface area contributed by atoms with E-state index in [1.165, 1.54) is 24.0 Å². The minimum Gasteiger partial charge on any atom is -0.460 e. The van der Waals surface area contributed by atoms with Crippen LogP contribution in [-0.2, 0) is 6.54 Å². The van der Waals surface area contributed by atoms with Crippen LogP contribution in [0.5, 0.6) is 0 Å². The molecule has 0 aliphatic heterocycles. The van der Waals surface area contributed by atoms with Crippen molar-refractivity contribution >= 4 is 0 Å². The minimum atomic E-state index is 0.547. The molecule has 1 aromatic heterocycles. The molecule has 0 atom stereocenters. The average molecular weight is 255 g/mol. The molecule has 0 amide bonds. The number of nitrogens with one attached hydrogen (secondary N) is 1. The summed E-state index contributed by atoms with van der Waals surface area (Å²) in [5, 5.41) is 3.47. The molecule has 0 spiro atoms. The van der Waals surface area contributed by atoms with Crippen LogP contribution in [0, 0.1) is 0 Å². The summed E-state index contributed by atoms with van der Waals surface area (Å²) in [4.78, 5) is 0. The lowest BCUT2D eigenvalue weighted by Gasteiger charge is -2.06. The zero-order chi connectivity index (χ0) is 13.2. The average Bonchev–Trinajstić information content (AvgIpc) is 3.13. The van der Waals surface area contributed by atoms with Crippen molar-refractivity contribution < 1.29 is 4.42 Å². The van der Waals surface area contributed by atoms with Gasteiger partial charge in [0.05, 0.1) is 6.54 Å². The molecule has 1 aromatic carbocycles. The third-order valence-corrected chi connectivity index (χ3v) is 3.64. The first-order valence-electron chi connectivity index (χ1n) is 7.15. The standard InChI is InChI=1S/C17H21NO/c1-12(2)13-4-3-5-14(10-13)17-9-8-16(19-17)11-18-15-6-7-15/h3-5,8-10,12,15,18H,6-7,11H2,1-2H3. The Morgan fingerprint density at radius 2 is 2.05 bits per heavy atom. The summed E-state index contributed by atoms with van der Waals surface area (Å²) in [5.74, 6) is 2.54. The fourth-order valence-corrected chi connectivity index (χ4v) is 2.21. The van der Waals surface area contributed by atoms with Gasteiger partial charge in [-0.05, 0) is 42.5 Å². The molecule has 19 heavy (non-hydrogen) atoms. The van der Waals surface area contributed by atoms with Crippen molar-refractivity contribution in [3.8, 4) is 11.3 Å². The Labute approximate surface area is 114 Å². The minimum absolute atomic E-state index is 0.547. The van der Waals surface area contributed by atoms with Crippen molar-refractivity contribution in [1.29, 1.82) is 0 Å². The molecule has 2 nitrogen and oxygen atoms in total. The maximum atomic E-state index is 5.92. The second-order valence-electron chi connectivity index (χ2n) is 5.70. The Morgan fingerprint density at radius 3 is 2.79 bits per heavy atom. The molecule has 0 bridgehead atoms. The van der Waals surface area contributed by atoms with Crippen LogP contribution in [0.1, 0.15) is 43.9 Å². The van der Waals surface area contributed by atoms with E-state index in [2.05, 4.69) is 55.6 Å². The molecule has 3 rings (SSSR count). The second kappa shape index (κ2) is 5.22. The summed E-state index contributed by atoms with van der Waals surface area (Å²) in [6, 6.07) is 13.5. The molecule has 100 valence electrons. The monoisotopic (exact) mass is 255 g/mol. The van der Waals surface area contributed by atoms with Gasteiger partial charge in [0.25, 0.3) is 0 Å². The highest BCUT2D eigenvalue weighted by atomic mass is 16.3. The van der Waals surface area contributed by atoms with Crippen molar-refractivity contribution in [2.75, 3.05) is 0 Å². The summed E-state index contributed by atoms with van der Waals surface area (Å²) < 4.78 is 5.92. The van der Waals surface area contributed by atoms with Crippen molar-refractivity contribution in [1.82, 2.24) is 5.32 Å². The van der Waals surface area contributed by atoms with E-state index < -0.39 is 0 Å². The van der Waals surface area contributed by atoms with Gasteiger partial charge in [-0.3, -0.25) is 0 Å². The summed E-state index contributed by atoms with van der Waals surface area (Å²) >= 11 is 0. The lowest BCUT2D eigenvalue weighted by molar-refractivity contribution is 0.492. The van der Waals surface area contributed by atoms with Crippen LogP contribution in [0.4, 0.5) is 0 Å². The number of benzene rings is 1. The number of furan rings is 1. The molecular formula is C17H21NO. The van der Waals surface area contributed by atoms with Gasteiger partial charge in [-0.2, -0.15) is 0 Å². The van der Waals surface area contributed by atoms with Crippen molar-refractivity contribution in [3.05, 3.63) is 47.7 Å². The summed E-state index contributed by atoms with van der Waals surface area (Å²) in [5.41, 5.74) is 2.52. The molecule has 2 heteroatoms. The maximum absolute atomic E-state index is 5.92. The molecule has 1 N–H and O–H groups in total. The predicted molar refractivity (Wildman–Crippen MR) is 78.1 cm³/mol. The first-order valence-corrected chi connectivity index (χ1v) is 7.15. The highest BCUT2D eigenvalue weighted by Crippen LogP contribution is 2.26. The van der Waals surface area contributed by atoms with E-state index in [4.69, 9.17) is 4.42 Å². The van der Waals surface area contributed by atoms with Crippen LogP contribution in [0.15, 0.2) is 40.8 Å². The molecule has 1 fully saturated rings. The molecule has 0 saturated heterocycles. The van der Waals surface area contributed by atoms with Gasteiger partial charge in [0.1, 0.15) is 11.5 Å². The number of hydrogen-bond acceptors (Lipinski definition) is 2. The van der Waals surface area contributed by atoms with Gasteiger partial charge in [0.2, 0.25) is 0 Å². The van der Waals surface area contributed by atoms with Crippen LogP contribution in [0.25, 0.3) is 11.3 Å². The van der Waals surface area contributed by atoms with E-state index in [9.17, 15) is 0 Å². The lowest BCUT2D eigenvalue weighted by atomic mass is 10.0. The zero-order valence-electron chi connectivity index (χ0n) is 11.6. The van der Waals surface area contributed by atoms with E-state index in [0.717, 1.165) is 24.1 Å². The molecule has 1 saturated carbocycles. The Bertz CT molecular complexity index is 552. The number of hydrogen-bond donors (Lipinski definition) is 1. The summed E-state index contributed by atoms with van der Waals surface area (Å²) in [7, 11) is 0. The largest absolute Gasteiger partial charge is 0.460 e. The third-order valence-electron chi connectivity index (χ3n) is 3.64. The fourth-order valence-electron chi connectivity index (χ4n) is 2.21. The zero-order valence-corrected chi connectivity index (χ0v) is 11.6. The van der Waals surface area contributed by atoms with Crippen molar-refractivity contribution in [2.45, 2.75) is 45.2 Å². The van der Waals surface area contributed by atoms with Gasteiger partial charge < -0.3 is 9.73 Å². The predicted octanol–water partition coefficient (Wildman–Crippen LogP) is 4.32. The molecule has 0 radical (unpaired) electrons. The van der Waals surface area contributed by atoms with Gasteiger partial charge in [0.15, 0.2) is 0 Å². The highest BCUT2D eigenvalue weighted by molar-refractivity contribution is 5.58. The topological polar surface area (TPSA) is 25.2 Å². The van der Waals surface area contributed by atoms with E-state index in [1.54, 1.807) is 0 Å². The summed E-state index contributed by atoms with van der Waals surface area (Å²) in [6.45, 7) is 5.27. The second-order valence-corrected chi connectivity index (χ2v) is 5.70. The Balaban J connectivity index is 1.75. The van der Waals surface area contributed by atoms with Gasteiger partial charge in [-0.1, -0.05) is 32.0 Å². The summed E-state index contributed by atoms with van der Waals surface area (Å²) in [6.07, 6.45) is 2.62. The van der Waals surface area contributed by atoms with E-state index in [1.807, 2.05) is 0 Å². The van der Waals surface area contributed by atoms with E-state index in [0.29, 0.717) is 5.92 Å². The lowest BCUT2D eigenvalue weighted by Crippen LogP contribution is -2.14. The Hall–Kier alpha value is -1.54. The highest BCUT2D eigenvalue weighted by Gasteiger charge is 2.20. The first kappa shape index (κ1) is 12.5. The smallest absolute Gasteiger partial charge is 0.134 e. The van der Waals surface area contributed by atoms with Gasteiger partial charge >= 0.3 is 0 Å². The van der Waals surface area contributed by atoms with Gasteiger partial charge in [-0.25, -0.2) is 0 Å². The normalized spacial score (nSPS) is 15.1. The van der Waals surface area contributed by atoms with Crippen LogP contribution < -0.4 is 5.32 Å². The first-order chi connectivity index (χ1) is 9.22. The van der Waals surface area contributed by atoms with Crippen LogP contribution in [0.3, 0.4) is 0 Å². The fraction of sp³-hybridized carbons (Fsp3) is 0.412. The SMILES string of the molecule is CC(C)c1cccc(-c2ccc(CNC3CC3)o2)c1. The molecule has 1 aliphatic carbocycles. The van der Waals surface area contributed by atoms with Gasteiger partial charge in [0, 0.05) is 11.6 Å². The number of rotatable bonds is 5. The molecule has 0 unspecified atom stereocenters. The Morgan fingerprint density at radius 1 is 1.21 bits per heavy atom. The molecular weight excluding hydrogens is 234 g/mol. The van der Waals surface area contributed by atoms with Crippen LogP contribution in [-0.4, -0.2) is 6.04 Å². The third kappa shape index (κ3) is 3.07. The molecule has 1 aliphatic rings. The molecule has 2 aromatic rings. The van der Waals surface area contributed by atoms with Crippen LogP contribution in [0.2, 0.25) is 0 Å². The maximum Gasteiger partial charge on any atom is 0.134 e. The van der Waals surface area contributed by atoms with Crippen molar-refractivity contribution in [2.24, 2.45) is 0 Å². The van der Waals surface area contributed by atoms with Crippen LogP contribution >= 0.6 is 0 Å². The van der Waals surface area contributed by atoms with Gasteiger partial charge in [-0.15, -0.1) is 0 Å². The molecule has 1 heterocycles. The van der Waals surface area contributed by atoms with Crippen molar-refractivity contribution in [3.63, 3.8) is 0 Å². The Kier molecular flexibility index (Phi) is 3.43. The van der Waals surface area contributed by atoms with E-state index in [-0.39, 0.29) is 0 Å². The van der Waals surface area contributed by atoms with E-state index >= 15 is 0 Å². The quantitative estimate of drug-likeness (QED) is 0.860.